The van der Waals surface area contributed by atoms with E-state index in [2.05, 4.69) is 15.3 Å². The number of benzene rings is 2. The number of ether oxygens (including phenoxy) is 1. The van der Waals surface area contributed by atoms with Gasteiger partial charge in [-0.2, -0.15) is 0 Å². The van der Waals surface area contributed by atoms with E-state index < -0.39 is 11.7 Å². The quantitative estimate of drug-likeness (QED) is 0.182. The second-order valence-electron chi connectivity index (χ2n) is 10.5. The summed E-state index contributed by atoms with van der Waals surface area (Å²) in [5, 5.41) is 4.51. The molecule has 208 valence electrons. The number of anilines is 1. The number of nitrogens with zero attached hydrogens (tertiary/aromatic N) is 4. The molecule has 0 fully saturated rings. The number of hydrogen-bond acceptors (Lipinski definition) is 6. The number of amides is 2. The molecule has 0 atom stereocenters. The summed E-state index contributed by atoms with van der Waals surface area (Å²) in [7, 11) is 5.43. The van der Waals surface area contributed by atoms with Crippen LogP contribution in [-0.2, 0) is 11.3 Å². The Morgan fingerprint density at radius 2 is 1.77 bits per heavy atom. The SMILES string of the molecule is CN(C)C=Nc1cc(-c2ccc(Cl)cc2)sc1C(=O)Nc1ccc2nc(CN(C)C(=O)OC(C)(C)C)ccc2c1. The highest BCUT2D eigenvalue weighted by molar-refractivity contribution is 7.18. The lowest BCUT2D eigenvalue weighted by atomic mass is 10.1. The first kappa shape index (κ1) is 29.0. The zero-order valence-corrected chi connectivity index (χ0v) is 24.9. The van der Waals surface area contributed by atoms with E-state index in [0.29, 0.717) is 27.8 Å². The zero-order valence-electron chi connectivity index (χ0n) is 23.4. The maximum absolute atomic E-state index is 13.4. The zero-order chi connectivity index (χ0) is 29.0. The molecule has 0 saturated carbocycles. The smallest absolute Gasteiger partial charge is 0.410 e. The highest BCUT2D eigenvalue weighted by Gasteiger charge is 2.20. The predicted molar refractivity (Wildman–Crippen MR) is 164 cm³/mol. The van der Waals surface area contributed by atoms with Crippen LogP contribution in [0.25, 0.3) is 21.3 Å². The average Bonchev–Trinajstić information content (AvgIpc) is 3.31. The Bertz CT molecular complexity index is 1560. The topological polar surface area (TPSA) is 87.1 Å². The van der Waals surface area contributed by atoms with Crippen LogP contribution in [0.15, 0.2) is 65.7 Å². The Hall–Kier alpha value is -3.95. The van der Waals surface area contributed by atoms with Gasteiger partial charge < -0.3 is 19.9 Å². The Kier molecular flexibility index (Phi) is 8.76. The fraction of sp³-hybridized carbons (Fsp3) is 0.267. The lowest BCUT2D eigenvalue weighted by Gasteiger charge is -2.24. The Labute approximate surface area is 243 Å². The number of hydrogen-bond donors (Lipinski definition) is 1. The fourth-order valence-corrected chi connectivity index (χ4v) is 4.87. The summed E-state index contributed by atoms with van der Waals surface area (Å²) < 4.78 is 5.42. The van der Waals surface area contributed by atoms with E-state index in [-0.39, 0.29) is 5.91 Å². The third-order valence-corrected chi connectivity index (χ3v) is 7.01. The molecule has 0 aliphatic carbocycles. The van der Waals surface area contributed by atoms with E-state index in [1.54, 1.807) is 13.4 Å². The number of aromatic nitrogens is 1. The monoisotopic (exact) mass is 577 g/mol. The van der Waals surface area contributed by atoms with E-state index in [1.807, 2.05) is 100 Å². The first-order valence-corrected chi connectivity index (χ1v) is 13.8. The molecule has 2 heterocycles. The van der Waals surface area contributed by atoms with Gasteiger partial charge in [-0.15, -0.1) is 11.3 Å². The van der Waals surface area contributed by atoms with Crippen molar-refractivity contribution in [2.24, 2.45) is 4.99 Å². The molecular formula is C30H32ClN5O3S. The van der Waals surface area contributed by atoms with E-state index in [4.69, 9.17) is 16.3 Å². The summed E-state index contributed by atoms with van der Waals surface area (Å²) in [6.07, 6.45) is 1.26. The van der Waals surface area contributed by atoms with Crippen LogP contribution in [0.1, 0.15) is 36.1 Å². The van der Waals surface area contributed by atoms with Gasteiger partial charge in [0, 0.05) is 42.1 Å². The molecule has 0 aliphatic rings. The summed E-state index contributed by atoms with van der Waals surface area (Å²) in [5.74, 6) is -0.251. The van der Waals surface area contributed by atoms with Crippen molar-refractivity contribution in [1.29, 1.82) is 0 Å². The van der Waals surface area contributed by atoms with E-state index in [9.17, 15) is 9.59 Å². The normalized spacial score (nSPS) is 11.6. The van der Waals surface area contributed by atoms with Crippen molar-refractivity contribution in [3.63, 3.8) is 0 Å². The van der Waals surface area contributed by atoms with Crippen LogP contribution in [0.5, 0.6) is 0 Å². The highest BCUT2D eigenvalue weighted by atomic mass is 35.5. The summed E-state index contributed by atoms with van der Waals surface area (Å²) in [6.45, 7) is 5.81. The van der Waals surface area contributed by atoms with Gasteiger partial charge in [0.1, 0.15) is 10.5 Å². The average molecular weight is 578 g/mol. The van der Waals surface area contributed by atoms with Gasteiger partial charge in [-0.05, 0) is 68.8 Å². The molecule has 2 aromatic carbocycles. The number of rotatable bonds is 7. The molecule has 2 aromatic heterocycles. The Balaban J connectivity index is 1.53. The van der Waals surface area contributed by atoms with Gasteiger partial charge in [0.25, 0.3) is 5.91 Å². The number of nitrogens with one attached hydrogen (secondary N) is 1. The molecule has 2 amide bonds. The number of halogens is 1. The molecule has 4 rings (SSSR count). The minimum absolute atomic E-state index is 0.251. The van der Waals surface area contributed by atoms with E-state index in [1.165, 1.54) is 16.2 Å². The minimum atomic E-state index is -0.566. The maximum atomic E-state index is 13.4. The predicted octanol–water partition coefficient (Wildman–Crippen LogP) is 7.46. The number of pyridine rings is 1. The molecule has 0 saturated heterocycles. The van der Waals surface area contributed by atoms with Crippen molar-refractivity contribution in [2.45, 2.75) is 32.9 Å². The molecule has 0 unspecified atom stereocenters. The van der Waals surface area contributed by atoms with Gasteiger partial charge >= 0.3 is 6.09 Å². The van der Waals surface area contributed by atoms with Crippen molar-refractivity contribution in [2.75, 3.05) is 26.5 Å². The second-order valence-corrected chi connectivity index (χ2v) is 12.0. The number of carbonyl (C=O) groups is 2. The summed E-state index contributed by atoms with van der Waals surface area (Å²) in [4.78, 5) is 39.6. The molecule has 0 spiro atoms. The van der Waals surface area contributed by atoms with Gasteiger partial charge in [-0.25, -0.2) is 9.79 Å². The van der Waals surface area contributed by atoms with Crippen LogP contribution in [-0.4, -0.2) is 59.9 Å². The van der Waals surface area contributed by atoms with Crippen LogP contribution < -0.4 is 5.32 Å². The van der Waals surface area contributed by atoms with Crippen LogP contribution in [0, 0.1) is 0 Å². The van der Waals surface area contributed by atoms with Crippen LogP contribution in [0.4, 0.5) is 16.2 Å². The van der Waals surface area contributed by atoms with Gasteiger partial charge in [0.15, 0.2) is 0 Å². The van der Waals surface area contributed by atoms with Gasteiger partial charge in [-0.3, -0.25) is 9.78 Å². The van der Waals surface area contributed by atoms with Crippen molar-refractivity contribution < 1.29 is 14.3 Å². The van der Waals surface area contributed by atoms with Crippen LogP contribution >= 0.6 is 22.9 Å². The standard InChI is InChI=1S/C30H32ClN5O3S/c1-30(2,3)39-29(38)36(6)17-23-12-9-20-15-22(13-14-24(20)33-23)34-28(37)27-25(32-18-35(4)5)16-26(40-27)19-7-10-21(31)11-8-19/h7-16,18H,17H2,1-6H3,(H,34,37). The molecule has 0 radical (unpaired) electrons. The first-order chi connectivity index (χ1) is 18.9. The van der Waals surface area contributed by atoms with Gasteiger partial charge in [-0.1, -0.05) is 29.8 Å². The molecule has 40 heavy (non-hydrogen) atoms. The minimum Gasteiger partial charge on any atom is -0.444 e. The van der Waals surface area contributed by atoms with E-state index in [0.717, 1.165) is 27.0 Å². The van der Waals surface area contributed by atoms with E-state index >= 15 is 0 Å². The molecule has 1 N–H and O–H groups in total. The van der Waals surface area contributed by atoms with Crippen LogP contribution in [0.3, 0.4) is 0 Å². The first-order valence-electron chi connectivity index (χ1n) is 12.6. The number of carbonyl (C=O) groups excluding carboxylic acids is 2. The van der Waals surface area contributed by atoms with Crippen molar-refractivity contribution in [3.05, 3.63) is 76.3 Å². The summed E-state index contributed by atoms with van der Waals surface area (Å²) in [6, 6.07) is 18.7. The Morgan fingerprint density at radius 3 is 2.45 bits per heavy atom. The molecular weight excluding hydrogens is 546 g/mol. The lowest BCUT2D eigenvalue weighted by Crippen LogP contribution is -2.34. The fourth-order valence-electron chi connectivity index (χ4n) is 3.74. The molecule has 4 aromatic rings. The third kappa shape index (κ3) is 7.58. The maximum Gasteiger partial charge on any atom is 0.410 e. The second kappa shape index (κ2) is 12.1. The van der Waals surface area contributed by atoms with Crippen molar-refractivity contribution in [1.82, 2.24) is 14.8 Å². The van der Waals surface area contributed by atoms with Crippen molar-refractivity contribution >= 4 is 63.6 Å². The van der Waals surface area contributed by atoms with Crippen LogP contribution in [0.2, 0.25) is 5.02 Å². The molecule has 10 heteroatoms. The van der Waals surface area contributed by atoms with Gasteiger partial charge in [0.05, 0.1) is 29.8 Å². The number of fused-ring (bicyclic) bond motifs is 1. The Morgan fingerprint density at radius 1 is 1.05 bits per heavy atom. The molecule has 0 bridgehead atoms. The van der Waals surface area contributed by atoms with Crippen molar-refractivity contribution in [3.8, 4) is 10.4 Å². The number of thiophene rings is 1. The molecule has 8 nitrogen and oxygen atoms in total. The lowest BCUT2D eigenvalue weighted by molar-refractivity contribution is 0.0283. The third-order valence-electron chi connectivity index (χ3n) is 5.58. The molecule has 0 aliphatic heterocycles. The summed E-state index contributed by atoms with van der Waals surface area (Å²) >= 11 is 7.42. The summed E-state index contributed by atoms with van der Waals surface area (Å²) in [5.41, 5.74) is 3.10. The largest absolute Gasteiger partial charge is 0.444 e. The highest BCUT2D eigenvalue weighted by Crippen LogP contribution is 2.37. The number of aliphatic imine (C=N–C) groups is 1. The van der Waals surface area contributed by atoms with Gasteiger partial charge in [0.2, 0.25) is 0 Å².